The molecule has 1 heterocycles. The number of likely N-dealkylation sites (N-methyl/N-ethyl adjacent to an activating group) is 1. The topological polar surface area (TPSA) is 122 Å². The van der Waals surface area contributed by atoms with Crippen molar-refractivity contribution in [2.24, 2.45) is 5.73 Å². The van der Waals surface area contributed by atoms with Crippen molar-refractivity contribution in [3.05, 3.63) is 109 Å². The molecule has 4 N–H and O–H groups in total. The van der Waals surface area contributed by atoms with E-state index in [2.05, 4.69) is 15.6 Å². The van der Waals surface area contributed by atoms with E-state index in [0.29, 0.717) is 12.8 Å². The van der Waals surface area contributed by atoms with Crippen molar-refractivity contribution in [3.8, 4) is 11.1 Å². The summed E-state index contributed by atoms with van der Waals surface area (Å²) < 4.78 is 1.70. The van der Waals surface area contributed by atoms with E-state index in [0.717, 1.165) is 28.7 Å². The smallest absolute Gasteiger partial charge is 0.252 e. The van der Waals surface area contributed by atoms with Crippen molar-refractivity contribution in [1.82, 2.24) is 19.8 Å². The second-order valence-electron chi connectivity index (χ2n) is 12.0. The quantitative estimate of drug-likeness (QED) is 0.222. The average Bonchev–Trinajstić information content (AvgIpc) is 3.49. The van der Waals surface area contributed by atoms with Crippen molar-refractivity contribution in [1.29, 1.82) is 0 Å². The van der Waals surface area contributed by atoms with E-state index < -0.39 is 28.9 Å². The molecular formula is C35H42N6O3. The molecule has 0 aliphatic rings. The van der Waals surface area contributed by atoms with Crippen molar-refractivity contribution >= 4 is 23.5 Å². The fourth-order valence-corrected chi connectivity index (χ4v) is 5.05. The van der Waals surface area contributed by atoms with E-state index in [1.165, 1.54) is 11.2 Å². The summed E-state index contributed by atoms with van der Waals surface area (Å²) in [5, 5.41) is 5.65. The Morgan fingerprint density at radius 1 is 0.886 bits per heavy atom. The van der Waals surface area contributed by atoms with Gasteiger partial charge in [0.2, 0.25) is 11.8 Å². The van der Waals surface area contributed by atoms with Crippen LogP contribution in [0.1, 0.15) is 44.7 Å². The first kappa shape index (κ1) is 32.2. The van der Waals surface area contributed by atoms with Crippen LogP contribution in [0.2, 0.25) is 0 Å². The van der Waals surface area contributed by atoms with Gasteiger partial charge in [-0.15, -0.1) is 0 Å². The number of rotatable bonds is 12. The van der Waals surface area contributed by atoms with E-state index in [1.54, 1.807) is 38.7 Å². The summed E-state index contributed by atoms with van der Waals surface area (Å²) in [6.07, 6.45) is 5.02. The standard InChI is InChI=1S/C35H42N6O3/c1-34(2,36)32(43)38-29(18-12-15-25-13-8-6-9-14-25)31(42)39-30-23-41(24-37-30)35(3,33(44)40(4)5)28-21-19-27(20-22-28)26-16-10-7-11-17-26/h6-11,13-14,16-17,19-24,29H,12,15,18,36H2,1-5H3,(H,38,43)(H,39,42)/t29-,35?/m1/s1. The number of benzene rings is 3. The Kier molecular flexibility index (Phi) is 10.0. The van der Waals surface area contributed by atoms with Crippen molar-refractivity contribution in [2.45, 2.75) is 57.2 Å². The van der Waals surface area contributed by atoms with Crippen molar-refractivity contribution in [3.63, 3.8) is 0 Å². The van der Waals surface area contributed by atoms with E-state index in [9.17, 15) is 14.4 Å². The molecule has 0 bridgehead atoms. The lowest BCUT2D eigenvalue weighted by molar-refractivity contribution is -0.135. The molecule has 0 saturated carbocycles. The molecule has 1 unspecified atom stereocenters. The Morgan fingerprint density at radius 3 is 2.07 bits per heavy atom. The molecule has 0 aliphatic heterocycles. The number of carbonyl (C=O) groups is 3. The molecule has 0 radical (unpaired) electrons. The predicted molar refractivity (Wildman–Crippen MR) is 174 cm³/mol. The number of amides is 3. The number of nitrogens with two attached hydrogens (primary N) is 1. The third kappa shape index (κ3) is 7.60. The molecule has 2 atom stereocenters. The number of aryl methyl sites for hydroxylation is 1. The Morgan fingerprint density at radius 2 is 1.48 bits per heavy atom. The summed E-state index contributed by atoms with van der Waals surface area (Å²) in [6, 6.07) is 27.0. The fraction of sp³-hybridized carbons (Fsp3) is 0.314. The number of nitrogens with zero attached hydrogens (tertiary/aromatic N) is 3. The molecule has 9 heteroatoms. The van der Waals surface area contributed by atoms with Crippen LogP contribution >= 0.6 is 0 Å². The van der Waals surface area contributed by atoms with Gasteiger partial charge in [0.25, 0.3) is 5.91 Å². The largest absolute Gasteiger partial charge is 0.346 e. The minimum Gasteiger partial charge on any atom is -0.346 e. The summed E-state index contributed by atoms with van der Waals surface area (Å²) >= 11 is 0. The van der Waals surface area contributed by atoms with Gasteiger partial charge in [0, 0.05) is 20.3 Å². The highest BCUT2D eigenvalue weighted by molar-refractivity contribution is 5.98. The van der Waals surface area contributed by atoms with E-state index >= 15 is 0 Å². The number of imidazole rings is 1. The van der Waals surface area contributed by atoms with Crippen LogP contribution in [0.15, 0.2) is 97.5 Å². The van der Waals surface area contributed by atoms with Gasteiger partial charge in [-0.3, -0.25) is 14.4 Å². The van der Waals surface area contributed by atoms with Crippen LogP contribution in [0.3, 0.4) is 0 Å². The number of anilines is 1. The molecule has 0 spiro atoms. The summed E-state index contributed by atoms with van der Waals surface area (Å²) in [5.41, 5.74) is 7.75. The van der Waals surface area contributed by atoms with Gasteiger partial charge < -0.3 is 25.8 Å². The maximum Gasteiger partial charge on any atom is 0.252 e. The molecule has 9 nitrogen and oxygen atoms in total. The molecule has 4 rings (SSSR count). The maximum absolute atomic E-state index is 13.6. The number of hydrogen-bond donors (Lipinski definition) is 3. The van der Waals surface area contributed by atoms with Gasteiger partial charge in [-0.2, -0.15) is 0 Å². The average molecular weight is 595 g/mol. The molecule has 1 aromatic heterocycles. The Bertz CT molecular complexity index is 1560. The summed E-state index contributed by atoms with van der Waals surface area (Å²) in [6.45, 7) is 5.02. The van der Waals surface area contributed by atoms with Crippen LogP contribution in [-0.4, -0.2) is 57.8 Å². The Labute approximate surface area is 259 Å². The lowest BCUT2D eigenvalue weighted by Crippen LogP contribution is -2.54. The number of carbonyl (C=O) groups excluding carboxylic acids is 3. The highest BCUT2D eigenvalue weighted by atomic mass is 16.2. The zero-order valence-corrected chi connectivity index (χ0v) is 26.1. The number of aromatic nitrogens is 2. The molecule has 0 fully saturated rings. The van der Waals surface area contributed by atoms with Crippen molar-refractivity contribution < 1.29 is 14.4 Å². The summed E-state index contributed by atoms with van der Waals surface area (Å²) in [7, 11) is 3.42. The third-order valence-electron chi connectivity index (χ3n) is 7.74. The highest BCUT2D eigenvalue weighted by Crippen LogP contribution is 2.31. The SMILES string of the molecule is CN(C)C(=O)C(C)(c1ccc(-c2ccccc2)cc1)n1cnc(NC(=O)[C@@H](CCCc2ccccc2)NC(=O)C(C)(C)N)c1. The molecule has 0 aliphatic carbocycles. The molecule has 0 saturated heterocycles. The van der Waals surface area contributed by atoms with Gasteiger partial charge in [0.1, 0.15) is 11.6 Å². The van der Waals surface area contributed by atoms with E-state index in [4.69, 9.17) is 5.73 Å². The molecule has 230 valence electrons. The first-order chi connectivity index (χ1) is 20.9. The molecule has 3 aromatic carbocycles. The first-order valence-electron chi connectivity index (χ1n) is 14.8. The number of hydrogen-bond acceptors (Lipinski definition) is 5. The monoisotopic (exact) mass is 594 g/mol. The van der Waals surface area contributed by atoms with Gasteiger partial charge in [0.05, 0.1) is 11.9 Å². The van der Waals surface area contributed by atoms with E-state index in [-0.39, 0.29) is 11.7 Å². The summed E-state index contributed by atoms with van der Waals surface area (Å²) in [4.78, 5) is 45.8. The zero-order valence-electron chi connectivity index (χ0n) is 26.1. The lowest BCUT2D eigenvalue weighted by atomic mass is 9.88. The summed E-state index contributed by atoms with van der Waals surface area (Å²) in [5.74, 6) is -0.723. The molecule has 3 amide bonds. The van der Waals surface area contributed by atoms with Crippen LogP contribution < -0.4 is 16.4 Å². The van der Waals surface area contributed by atoms with Gasteiger partial charge >= 0.3 is 0 Å². The lowest BCUT2D eigenvalue weighted by Gasteiger charge is -2.33. The molecule has 44 heavy (non-hydrogen) atoms. The second kappa shape index (κ2) is 13.7. The second-order valence-corrected chi connectivity index (χ2v) is 12.0. The van der Waals surface area contributed by atoms with Gasteiger partial charge in [-0.05, 0) is 62.3 Å². The molecular weight excluding hydrogens is 552 g/mol. The van der Waals surface area contributed by atoms with Crippen molar-refractivity contribution in [2.75, 3.05) is 19.4 Å². The zero-order chi connectivity index (χ0) is 31.9. The fourth-order valence-electron chi connectivity index (χ4n) is 5.05. The normalized spacial score (nSPS) is 13.4. The van der Waals surface area contributed by atoms with Crippen LogP contribution in [0, 0.1) is 0 Å². The third-order valence-corrected chi connectivity index (χ3v) is 7.74. The van der Waals surface area contributed by atoms with Crippen LogP contribution in [0.25, 0.3) is 11.1 Å². The first-order valence-corrected chi connectivity index (χ1v) is 14.8. The minimum absolute atomic E-state index is 0.156. The molecule has 4 aromatic rings. The van der Waals surface area contributed by atoms with Gasteiger partial charge in [0.15, 0.2) is 5.82 Å². The maximum atomic E-state index is 13.6. The number of nitrogens with one attached hydrogen (secondary N) is 2. The highest BCUT2D eigenvalue weighted by Gasteiger charge is 2.39. The predicted octanol–water partition coefficient (Wildman–Crippen LogP) is 4.59. The minimum atomic E-state index is -1.15. The Balaban J connectivity index is 1.56. The Hall–Kier alpha value is -4.76. The van der Waals surface area contributed by atoms with Crippen LogP contribution in [-0.2, 0) is 26.3 Å². The van der Waals surface area contributed by atoms with Gasteiger partial charge in [-0.25, -0.2) is 4.98 Å². The van der Waals surface area contributed by atoms with Crippen LogP contribution in [0.5, 0.6) is 0 Å². The van der Waals surface area contributed by atoms with Gasteiger partial charge in [-0.1, -0.05) is 84.9 Å². The van der Waals surface area contributed by atoms with E-state index in [1.807, 2.05) is 91.9 Å². The van der Waals surface area contributed by atoms with Crippen LogP contribution in [0.4, 0.5) is 5.82 Å².